The number of nitrogens with zero attached hydrogens (tertiary/aromatic N) is 6. The highest BCUT2D eigenvalue weighted by Gasteiger charge is 2.29. The van der Waals surface area contributed by atoms with Crippen molar-refractivity contribution >= 4 is 33.0 Å². The molecule has 2 aliphatic rings. The van der Waals surface area contributed by atoms with E-state index in [9.17, 15) is 8.42 Å². The Morgan fingerprint density at radius 3 is 1.89 bits per heavy atom. The maximum Gasteiger partial charge on any atom is 0.252 e. The molecule has 2 aliphatic heterocycles. The van der Waals surface area contributed by atoms with Gasteiger partial charge in [-0.1, -0.05) is 6.07 Å². The molecule has 27 heavy (non-hydrogen) atoms. The first-order valence-electron chi connectivity index (χ1n) is 9.10. The topological polar surface area (TPSA) is 72.9 Å². The van der Waals surface area contributed by atoms with Crippen LogP contribution in [-0.2, 0) is 10.0 Å². The van der Waals surface area contributed by atoms with Crippen molar-refractivity contribution in [2.45, 2.75) is 4.21 Å². The summed E-state index contributed by atoms with van der Waals surface area (Å²) in [5.41, 5.74) is 0. The molecule has 0 amide bonds. The molecule has 4 heterocycles. The highest BCUT2D eigenvalue weighted by atomic mass is 32.2. The van der Waals surface area contributed by atoms with E-state index in [2.05, 4.69) is 31.9 Å². The SMILES string of the molecule is CN1CCN(c2ccc(N3CCN(S(=O)(=O)c4cccs4)CC3)nn2)CC1. The number of hydrogen-bond acceptors (Lipinski definition) is 8. The van der Waals surface area contributed by atoms with Gasteiger partial charge in [-0.05, 0) is 30.6 Å². The van der Waals surface area contributed by atoms with Crippen molar-refractivity contribution in [3.63, 3.8) is 0 Å². The molecular formula is C17H24N6O2S2. The van der Waals surface area contributed by atoms with Crippen molar-refractivity contribution in [3.05, 3.63) is 29.6 Å². The Morgan fingerprint density at radius 2 is 1.41 bits per heavy atom. The van der Waals surface area contributed by atoms with Gasteiger partial charge in [-0.15, -0.1) is 21.5 Å². The van der Waals surface area contributed by atoms with Gasteiger partial charge in [-0.25, -0.2) is 8.42 Å². The summed E-state index contributed by atoms with van der Waals surface area (Å²) < 4.78 is 27.2. The molecular weight excluding hydrogens is 384 g/mol. The maximum atomic E-state index is 12.6. The summed E-state index contributed by atoms with van der Waals surface area (Å²) in [5.74, 6) is 1.71. The summed E-state index contributed by atoms with van der Waals surface area (Å²) in [7, 11) is -1.24. The van der Waals surface area contributed by atoms with Gasteiger partial charge in [0.2, 0.25) is 0 Å². The smallest absolute Gasteiger partial charge is 0.252 e. The summed E-state index contributed by atoms with van der Waals surface area (Å²) in [6.45, 7) is 6.15. The third-order valence-electron chi connectivity index (χ3n) is 5.12. The lowest BCUT2D eigenvalue weighted by atomic mass is 10.3. The number of hydrogen-bond donors (Lipinski definition) is 0. The van der Waals surface area contributed by atoms with Gasteiger partial charge in [-0.2, -0.15) is 4.31 Å². The molecule has 2 aromatic heterocycles. The molecule has 10 heteroatoms. The van der Waals surface area contributed by atoms with Crippen LogP contribution in [0.5, 0.6) is 0 Å². The van der Waals surface area contributed by atoms with Crippen LogP contribution in [0, 0.1) is 0 Å². The van der Waals surface area contributed by atoms with Crippen LogP contribution in [0.4, 0.5) is 11.6 Å². The van der Waals surface area contributed by atoms with Gasteiger partial charge < -0.3 is 14.7 Å². The molecule has 0 N–H and O–H groups in total. The van der Waals surface area contributed by atoms with Gasteiger partial charge in [-0.3, -0.25) is 0 Å². The van der Waals surface area contributed by atoms with Gasteiger partial charge in [0, 0.05) is 52.4 Å². The van der Waals surface area contributed by atoms with Crippen LogP contribution < -0.4 is 9.80 Å². The number of aromatic nitrogens is 2. The standard InChI is InChI=1S/C17H24N6O2S2/c1-20-6-8-21(9-7-20)15-4-5-16(19-18-15)22-10-12-23(13-11-22)27(24,25)17-3-2-14-26-17/h2-5,14H,6-13H2,1H3. The lowest BCUT2D eigenvalue weighted by Gasteiger charge is -2.35. The Hall–Kier alpha value is -1.75. The second-order valence-corrected chi connectivity index (χ2v) is 9.98. The van der Waals surface area contributed by atoms with Gasteiger partial charge in [0.1, 0.15) is 4.21 Å². The second-order valence-electron chi connectivity index (χ2n) is 6.86. The molecule has 8 nitrogen and oxygen atoms in total. The normalized spacial score (nSPS) is 20.2. The van der Waals surface area contributed by atoms with Crippen LogP contribution >= 0.6 is 11.3 Å². The van der Waals surface area contributed by atoms with Crippen LogP contribution in [0.2, 0.25) is 0 Å². The average molecular weight is 409 g/mol. The quantitative estimate of drug-likeness (QED) is 0.741. The van der Waals surface area contributed by atoms with Crippen molar-refractivity contribution in [2.75, 3.05) is 69.2 Å². The summed E-state index contributed by atoms with van der Waals surface area (Å²) in [6, 6.07) is 7.44. The van der Waals surface area contributed by atoms with E-state index < -0.39 is 10.0 Å². The van der Waals surface area contributed by atoms with E-state index >= 15 is 0 Å². The highest BCUT2D eigenvalue weighted by molar-refractivity contribution is 7.91. The molecule has 4 rings (SSSR count). The van der Waals surface area contributed by atoms with E-state index in [1.54, 1.807) is 21.8 Å². The van der Waals surface area contributed by atoms with Gasteiger partial charge in [0.05, 0.1) is 0 Å². The summed E-state index contributed by atoms with van der Waals surface area (Å²) in [6.07, 6.45) is 0. The highest BCUT2D eigenvalue weighted by Crippen LogP contribution is 2.23. The van der Waals surface area contributed by atoms with E-state index in [-0.39, 0.29) is 0 Å². The van der Waals surface area contributed by atoms with Crippen LogP contribution in [0.1, 0.15) is 0 Å². The molecule has 0 unspecified atom stereocenters. The molecule has 0 aromatic carbocycles. The minimum absolute atomic E-state index is 0.410. The van der Waals surface area contributed by atoms with Crippen molar-refractivity contribution in [1.29, 1.82) is 0 Å². The molecule has 0 bridgehead atoms. The zero-order chi connectivity index (χ0) is 18.9. The Balaban J connectivity index is 1.37. The fourth-order valence-electron chi connectivity index (χ4n) is 3.39. The van der Waals surface area contributed by atoms with Crippen molar-refractivity contribution < 1.29 is 8.42 Å². The van der Waals surface area contributed by atoms with E-state index in [0.717, 1.165) is 37.8 Å². The predicted molar refractivity (Wildman–Crippen MR) is 107 cm³/mol. The third-order valence-corrected chi connectivity index (χ3v) is 8.39. The minimum atomic E-state index is -3.37. The fraction of sp³-hybridized carbons (Fsp3) is 0.529. The Kier molecular flexibility index (Phi) is 5.31. The number of thiophene rings is 1. The number of anilines is 2. The van der Waals surface area contributed by atoms with Crippen molar-refractivity contribution in [1.82, 2.24) is 19.4 Å². The monoisotopic (exact) mass is 408 g/mol. The van der Waals surface area contributed by atoms with Crippen LogP contribution in [0.15, 0.2) is 33.9 Å². The first-order valence-corrected chi connectivity index (χ1v) is 11.4. The first-order chi connectivity index (χ1) is 13.0. The lowest BCUT2D eigenvalue weighted by Crippen LogP contribution is -2.49. The zero-order valence-corrected chi connectivity index (χ0v) is 17.0. The zero-order valence-electron chi connectivity index (χ0n) is 15.4. The molecule has 0 radical (unpaired) electrons. The second kappa shape index (κ2) is 7.70. The third kappa shape index (κ3) is 3.93. The Labute approximate surface area is 164 Å². The molecule has 2 fully saturated rings. The molecule has 0 aliphatic carbocycles. The van der Waals surface area contributed by atoms with Crippen LogP contribution in [0.3, 0.4) is 0 Å². The average Bonchev–Trinajstić information content (AvgIpc) is 3.25. The molecule has 2 saturated heterocycles. The number of sulfonamides is 1. The Morgan fingerprint density at radius 1 is 0.852 bits per heavy atom. The van der Waals surface area contributed by atoms with Crippen molar-refractivity contribution in [2.24, 2.45) is 0 Å². The summed E-state index contributed by atoms with van der Waals surface area (Å²) in [4.78, 5) is 6.66. The minimum Gasteiger partial charge on any atom is -0.353 e. The summed E-state index contributed by atoms with van der Waals surface area (Å²) >= 11 is 1.26. The fourth-order valence-corrected chi connectivity index (χ4v) is 5.95. The molecule has 0 saturated carbocycles. The van der Waals surface area contributed by atoms with E-state index in [4.69, 9.17) is 0 Å². The summed E-state index contributed by atoms with van der Waals surface area (Å²) in [5, 5.41) is 10.6. The number of piperazine rings is 2. The van der Waals surface area contributed by atoms with Gasteiger partial charge >= 0.3 is 0 Å². The number of likely N-dealkylation sites (N-methyl/N-ethyl adjacent to an activating group) is 1. The van der Waals surface area contributed by atoms with Crippen LogP contribution in [0.25, 0.3) is 0 Å². The van der Waals surface area contributed by atoms with Gasteiger partial charge in [0.15, 0.2) is 11.6 Å². The maximum absolute atomic E-state index is 12.6. The van der Waals surface area contributed by atoms with E-state index in [1.165, 1.54) is 11.3 Å². The number of rotatable bonds is 4. The lowest BCUT2D eigenvalue weighted by molar-refractivity contribution is 0.312. The Bertz CT molecular complexity index is 840. The predicted octanol–water partition coefficient (Wildman–Crippen LogP) is 0.801. The molecule has 2 aromatic rings. The van der Waals surface area contributed by atoms with E-state index in [1.807, 2.05) is 12.1 Å². The van der Waals surface area contributed by atoms with Crippen molar-refractivity contribution in [3.8, 4) is 0 Å². The first kappa shape index (κ1) is 18.6. The van der Waals surface area contributed by atoms with E-state index in [0.29, 0.717) is 30.4 Å². The molecule has 0 atom stereocenters. The van der Waals surface area contributed by atoms with Crippen LogP contribution in [-0.4, -0.2) is 87.2 Å². The largest absolute Gasteiger partial charge is 0.353 e. The molecule has 146 valence electrons. The van der Waals surface area contributed by atoms with Gasteiger partial charge in [0.25, 0.3) is 10.0 Å². The molecule has 0 spiro atoms.